The highest BCUT2D eigenvalue weighted by Crippen LogP contribution is 2.35. The van der Waals surface area contributed by atoms with Gasteiger partial charge in [0, 0.05) is 28.4 Å². The molecule has 1 rings (SSSR count). The van der Waals surface area contributed by atoms with Gasteiger partial charge in [-0.3, -0.25) is 0 Å². The van der Waals surface area contributed by atoms with Crippen LogP contribution < -0.4 is 0 Å². The second kappa shape index (κ2) is 5.85. The van der Waals surface area contributed by atoms with E-state index in [2.05, 4.69) is 12.8 Å². The van der Waals surface area contributed by atoms with Crippen LogP contribution in [-0.2, 0) is 0 Å². The Morgan fingerprint density at radius 1 is 1.54 bits per heavy atom. The summed E-state index contributed by atoms with van der Waals surface area (Å²) < 4.78 is 0. The number of rotatable bonds is 3. The molecule has 1 aliphatic rings. The van der Waals surface area contributed by atoms with Crippen LogP contribution in [0.3, 0.4) is 0 Å². The van der Waals surface area contributed by atoms with Crippen LogP contribution >= 0.6 is 23.5 Å². The quantitative estimate of drug-likeness (QED) is 0.729. The predicted octanol–water partition coefficient (Wildman–Crippen LogP) is 2.00. The SMILES string of the molecule is C#CCC(O)C1SCCSC1CC. The van der Waals surface area contributed by atoms with Gasteiger partial charge in [0.1, 0.15) is 0 Å². The Hall–Kier alpha value is 0.220. The van der Waals surface area contributed by atoms with E-state index in [4.69, 9.17) is 6.42 Å². The molecule has 3 unspecified atom stereocenters. The third-order valence-corrected chi connectivity index (χ3v) is 5.59. The molecule has 3 heteroatoms. The zero-order valence-electron chi connectivity index (χ0n) is 7.90. The summed E-state index contributed by atoms with van der Waals surface area (Å²) in [6.45, 7) is 2.18. The number of hydrogen-bond acceptors (Lipinski definition) is 3. The smallest absolute Gasteiger partial charge is 0.0778 e. The van der Waals surface area contributed by atoms with E-state index in [0.717, 1.165) is 12.2 Å². The first-order chi connectivity index (χ1) is 6.29. The molecule has 0 amide bonds. The molecule has 1 fully saturated rings. The molecule has 1 aliphatic heterocycles. The third-order valence-electron chi connectivity index (χ3n) is 2.20. The molecule has 13 heavy (non-hydrogen) atoms. The standard InChI is InChI=1S/C10H16OS2/c1-3-5-8(11)10-9(4-2)12-6-7-13-10/h1,8-11H,4-7H2,2H3. The van der Waals surface area contributed by atoms with E-state index in [1.807, 2.05) is 23.5 Å². The zero-order chi connectivity index (χ0) is 9.68. The van der Waals surface area contributed by atoms with Gasteiger partial charge in [0.2, 0.25) is 0 Å². The number of hydrogen-bond donors (Lipinski definition) is 1. The molecule has 0 aromatic carbocycles. The topological polar surface area (TPSA) is 20.2 Å². The second-order valence-corrected chi connectivity index (χ2v) is 5.76. The summed E-state index contributed by atoms with van der Waals surface area (Å²) in [5.41, 5.74) is 0. The van der Waals surface area contributed by atoms with Gasteiger partial charge in [-0.1, -0.05) is 6.92 Å². The van der Waals surface area contributed by atoms with Crippen LogP contribution in [0.5, 0.6) is 0 Å². The van der Waals surface area contributed by atoms with Crippen LogP contribution in [0.1, 0.15) is 19.8 Å². The van der Waals surface area contributed by atoms with E-state index in [0.29, 0.717) is 16.9 Å². The monoisotopic (exact) mass is 216 g/mol. The molecule has 1 nitrogen and oxygen atoms in total. The van der Waals surface area contributed by atoms with E-state index in [9.17, 15) is 5.11 Å². The third kappa shape index (κ3) is 3.12. The minimum Gasteiger partial charge on any atom is -0.391 e. The molecular weight excluding hydrogens is 200 g/mol. The first-order valence-electron chi connectivity index (χ1n) is 4.64. The van der Waals surface area contributed by atoms with Crippen molar-refractivity contribution < 1.29 is 5.11 Å². The van der Waals surface area contributed by atoms with Gasteiger partial charge in [0.05, 0.1) is 6.10 Å². The molecule has 74 valence electrons. The molecular formula is C10H16OS2. The van der Waals surface area contributed by atoms with Gasteiger partial charge < -0.3 is 5.11 Å². The fraction of sp³-hybridized carbons (Fsp3) is 0.800. The Labute approximate surface area is 89.1 Å². The summed E-state index contributed by atoms with van der Waals surface area (Å²) in [5.74, 6) is 4.89. The van der Waals surface area contributed by atoms with E-state index in [1.165, 1.54) is 5.75 Å². The first-order valence-corrected chi connectivity index (χ1v) is 6.74. The van der Waals surface area contributed by atoms with Gasteiger partial charge in [0.25, 0.3) is 0 Å². The van der Waals surface area contributed by atoms with Crippen molar-refractivity contribution in [2.45, 2.75) is 36.4 Å². The maximum Gasteiger partial charge on any atom is 0.0778 e. The lowest BCUT2D eigenvalue weighted by Crippen LogP contribution is -2.35. The van der Waals surface area contributed by atoms with E-state index >= 15 is 0 Å². The largest absolute Gasteiger partial charge is 0.391 e. The van der Waals surface area contributed by atoms with Gasteiger partial charge in [0.15, 0.2) is 0 Å². The maximum absolute atomic E-state index is 9.80. The first kappa shape index (κ1) is 11.3. The average Bonchev–Trinajstić information content (AvgIpc) is 2.18. The Morgan fingerprint density at radius 2 is 2.23 bits per heavy atom. The maximum atomic E-state index is 9.80. The van der Waals surface area contributed by atoms with Crippen LogP contribution in [0.25, 0.3) is 0 Å². The van der Waals surface area contributed by atoms with Crippen molar-refractivity contribution in [1.29, 1.82) is 0 Å². The normalized spacial score (nSPS) is 30.8. The Kier molecular flexibility index (Phi) is 5.08. The molecule has 0 bridgehead atoms. The molecule has 0 spiro atoms. The minimum atomic E-state index is -0.312. The van der Waals surface area contributed by atoms with Crippen LogP contribution in [-0.4, -0.2) is 33.2 Å². The lowest BCUT2D eigenvalue weighted by molar-refractivity contribution is 0.175. The average molecular weight is 216 g/mol. The molecule has 0 radical (unpaired) electrons. The van der Waals surface area contributed by atoms with Crippen molar-refractivity contribution in [3.05, 3.63) is 0 Å². The van der Waals surface area contributed by atoms with Crippen molar-refractivity contribution in [1.82, 2.24) is 0 Å². The molecule has 1 N–H and O–H groups in total. The van der Waals surface area contributed by atoms with Crippen molar-refractivity contribution in [2.75, 3.05) is 11.5 Å². The van der Waals surface area contributed by atoms with E-state index in [1.54, 1.807) is 0 Å². The molecule has 3 atom stereocenters. The van der Waals surface area contributed by atoms with Gasteiger partial charge in [-0.25, -0.2) is 0 Å². The van der Waals surface area contributed by atoms with Crippen molar-refractivity contribution in [2.24, 2.45) is 0 Å². The van der Waals surface area contributed by atoms with E-state index in [-0.39, 0.29) is 6.10 Å². The Bertz CT molecular complexity index is 188. The highest BCUT2D eigenvalue weighted by atomic mass is 32.2. The van der Waals surface area contributed by atoms with Crippen molar-refractivity contribution in [3.63, 3.8) is 0 Å². The van der Waals surface area contributed by atoms with Crippen LogP contribution in [0.15, 0.2) is 0 Å². The van der Waals surface area contributed by atoms with Gasteiger partial charge in [-0.15, -0.1) is 12.3 Å². The summed E-state index contributed by atoms with van der Waals surface area (Å²) in [7, 11) is 0. The summed E-state index contributed by atoms with van der Waals surface area (Å²) in [6, 6.07) is 0. The second-order valence-electron chi connectivity index (χ2n) is 3.13. The molecule has 0 aliphatic carbocycles. The summed E-state index contributed by atoms with van der Waals surface area (Å²) >= 11 is 3.85. The number of terminal acetylenes is 1. The van der Waals surface area contributed by atoms with Gasteiger partial charge >= 0.3 is 0 Å². The summed E-state index contributed by atoms with van der Waals surface area (Å²) in [4.78, 5) is 0. The van der Waals surface area contributed by atoms with Gasteiger partial charge in [-0.05, 0) is 6.42 Å². The van der Waals surface area contributed by atoms with Crippen molar-refractivity contribution in [3.8, 4) is 12.3 Å². The van der Waals surface area contributed by atoms with Crippen molar-refractivity contribution >= 4 is 23.5 Å². The van der Waals surface area contributed by atoms with Gasteiger partial charge in [-0.2, -0.15) is 23.5 Å². The fourth-order valence-corrected chi connectivity index (χ4v) is 4.68. The Balaban J connectivity index is 2.49. The Morgan fingerprint density at radius 3 is 2.85 bits per heavy atom. The molecule has 0 saturated carbocycles. The zero-order valence-corrected chi connectivity index (χ0v) is 9.53. The fourth-order valence-electron chi connectivity index (χ4n) is 1.53. The molecule has 0 aromatic rings. The lowest BCUT2D eigenvalue weighted by Gasteiger charge is -2.32. The minimum absolute atomic E-state index is 0.312. The number of aliphatic hydroxyl groups excluding tert-OH is 1. The summed E-state index contributed by atoms with van der Waals surface area (Å²) in [5, 5.41) is 10.7. The number of thioether (sulfide) groups is 2. The van der Waals surface area contributed by atoms with Crippen LogP contribution in [0.4, 0.5) is 0 Å². The highest BCUT2D eigenvalue weighted by molar-refractivity contribution is 8.07. The van der Waals surface area contributed by atoms with Crippen LogP contribution in [0, 0.1) is 12.3 Å². The highest BCUT2D eigenvalue weighted by Gasteiger charge is 2.30. The van der Waals surface area contributed by atoms with Crippen LogP contribution in [0.2, 0.25) is 0 Å². The predicted molar refractivity (Wildman–Crippen MR) is 62.2 cm³/mol. The molecule has 1 saturated heterocycles. The van der Waals surface area contributed by atoms with E-state index < -0.39 is 0 Å². The molecule has 1 heterocycles. The summed E-state index contributed by atoms with van der Waals surface area (Å²) in [6.07, 6.45) is 6.51. The number of aliphatic hydroxyl groups is 1. The lowest BCUT2D eigenvalue weighted by atomic mass is 10.1. The molecule has 0 aromatic heterocycles.